The molecule has 0 fully saturated rings. The Balaban J connectivity index is 1.97. The molecule has 0 amide bonds. The average Bonchev–Trinajstić information content (AvgIpc) is 2.37. The Morgan fingerprint density at radius 3 is 2.65 bits per heavy atom. The van der Waals surface area contributed by atoms with Gasteiger partial charge in [-0.15, -0.1) is 0 Å². The molecule has 1 aromatic rings. The van der Waals surface area contributed by atoms with Gasteiger partial charge in [0.05, 0.1) is 6.61 Å². The monoisotopic (exact) mass is 235 g/mol. The maximum Gasteiger partial charge on any atom is 0.119 e. The third-order valence-corrected chi connectivity index (χ3v) is 2.85. The van der Waals surface area contributed by atoms with Crippen molar-refractivity contribution in [1.82, 2.24) is 5.32 Å². The Bertz CT molecular complexity index is 274. The summed E-state index contributed by atoms with van der Waals surface area (Å²) in [6.45, 7) is 7.50. The summed E-state index contributed by atoms with van der Waals surface area (Å²) in [6, 6.07) is 10.0. The Morgan fingerprint density at radius 1 is 1.18 bits per heavy atom. The van der Waals surface area contributed by atoms with Gasteiger partial charge in [0.25, 0.3) is 0 Å². The van der Waals surface area contributed by atoms with Crippen molar-refractivity contribution < 1.29 is 4.74 Å². The van der Waals surface area contributed by atoms with Crippen LogP contribution in [0.15, 0.2) is 30.3 Å². The largest absolute Gasteiger partial charge is 0.494 e. The zero-order valence-corrected chi connectivity index (χ0v) is 11.1. The first-order valence-corrected chi connectivity index (χ1v) is 6.71. The molecule has 1 rings (SSSR count). The molecule has 1 aromatic carbocycles. The van der Waals surface area contributed by atoms with Gasteiger partial charge in [0, 0.05) is 0 Å². The Hall–Kier alpha value is -1.02. The van der Waals surface area contributed by atoms with Crippen LogP contribution < -0.4 is 10.1 Å². The van der Waals surface area contributed by atoms with Crippen molar-refractivity contribution >= 4 is 0 Å². The molecule has 2 heteroatoms. The summed E-state index contributed by atoms with van der Waals surface area (Å²) in [4.78, 5) is 0. The topological polar surface area (TPSA) is 21.3 Å². The van der Waals surface area contributed by atoms with Crippen LogP contribution >= 0.6 is 0 Å². The average molecular weight is 235 g/mol. The fraction of sp³-hybridized carbons (Fsp3) is 0.600. The van der Waals surface area contributed by atoms with Crippen LogP contribution in [0.2, 0.25) is 0 Å². The lowest BCUT2D eigenvalue weighted by Gasteiger charge is -2.11. The predicted octanol–water partition coefficient (Wildman–Crippen LogP) is 3.48. The van der Waals surface area contributed by atoms with Crippen LogP contribution in [0.25, 0.3) is 0 Å². The first-order chi connectivity index (χ1) is 8.33. The highest BCUT2D eigenvalue weighted by Gasteiger charge is 2.00. The van der Waals surface area contributed by atoms with Crippen molar-refractivity contribution in [3.05, 3.63) is 30.3 Å². The summed E-state index contributed by atoms with van der Waals surface area (Å²) < 4.78 is 5.65. The van der Waals surface area contributed by atoms with Crippen molar-refractivity contribution in [2.45, 2.75) is 33.1 Å². The van der Waals surface area contributed by atoms with E-state index < -0.39 is 0 Å². The highest BCUT2D eigenvalue weighted by atomic mass is 16.5. The van der Waals surface area contributed by atoms with Crippen molar-refractivity contribution in [2.24, 2.45) is 5.92 Å². The molecule has 1 unspecified atom stereocenters. The number of rotatable bonds is 9. The van der Waals surface area contributed by atoms with E-state index in [0.29, 0.717) is 0 Å². The number of para-hydroxylation sites is 1. The van der Waals surface area contributed by atoms with Crippen LogP contribution in [-0.4, -0.2) is 19.7 Å². The van der Waals surface area contributed by atoms with E-state index in [-0.39, 0.29) is 0 Å². The molecule has 2 nitrogen and oxygen atoms in total. The predicted molar refractivity (Wildman–Crippen MR) is 73.5 cm³/mol. The fourth-order valence-electron chi connectivity index (χ4n) is 1.79. The summed E-state index contributed by atoms with van der Waals surface area (Å²) in [5.74, 6) is 1.75. The molecule has 0 aliphatic heterocycles. The molecule has 1 atom stereocenters. The van der Waals surface area contributed by atoms with Gasteiger partial charge in [-0.2, -0.15) is 0 Å². The Kier molecular flexibility index (Phi) is 7.48. The van der Waals surface area contributed by atoms with E-state index in [0.717, 1.165) is 37.8 Å². The van der Waals surface area contributed by atoms with Gasteiger partial charge in [-0.25, -0.2) is 0 Å². The first-order valence-electron chi connectivity index (χ1n) is 6.71. The lowest BCUT2D eigenvalue weighted by molar-refractivity contribution is 0.299. The van der Waals surface area contributed by atoms with Crippen molar-refractivity contribution in [3.8, 4) is 5.75 Å². The molecule has 0 bridgehead atoms. The van der Waals surface area contributed by atoms with Crippen molar-refractivity contribution in [1.29, 1.82) is 0 Å². The highest BCUT2D eigenvalue weighted by Crippen LogP contribution is 2.11. The zero-order valence-electron chi connectivity index (χ0n) is 11.1. The van der Waals surface area contributed by atoms with Gasteiger partial charge in [-0.1, -0.05) is 32.0 Å². The van der Waals surface area contributed by atoms with E-state index >= 15 is 0 Å². The number of hydrogen-bond acceptors (Lipinski definition) is 2. The van der Waals surface area contributed by atoms with Gasteiger partial charge in [-0.05, 0) is 50.4 Å². The second-order valence-electron chi connectivity index (χ2n) is 4.57. The Labute approximate surface area is 105 Å². The van der Waals surface area contributed by atoms with E-state index in [1.165, 1.54) is 12.8 Å². The number of hydrogen-bond donors (Lipinski definition) is 1. The number of unbranched alkanes of at least 4 members (excludes halogenated alkanes) is 1. The first kappa shape index (κ1) is 14.0. The van der Waals surface area contributed by atoms with E-state index in [1.54, 1.807) is 0 Å². The lowest BCUT2D eigenvalue weighted by Crippen LogP contribution is -2.20. The number of benzene rings is 1. The second-order valence-corrected chi connectivity index (χ2v) is 4.57. The molecular formula is C15H25NO. The molecule has 0 spiro atoms. The normalized spacial score (nSPS) is 12.4. The SMILES string of the molecule is CCNCC(C)CCCCOc1ccccc1. The molecule has 1 N–H and O–H groups in total. The molecule has 0 radical (unpaired) electrons. The summed E-state index contributed by atoms with van der Waals surface area (Å²) in [5.41, 5.74) is 0. The minimum Gasteiger partial charge on any atom is -0.494 e. The molecule has 0 heterocycles. The summed E-state index contributed by atoms with van der Waals surface area (Å²) in [5, 5.41) is 3.38. The number of ether oxygens (including phenoxy) is 1. The standard InChI is InChI=1S/C15H25NO/c1-3-16-13-14(2)9-7-8-12-17-15-10-5-4-6-11-15/h4-6,10-11,14,16H,3,7-9,12-13H2,1-2H3. The lowest BCUT2D eigenvalue weighted by atomic mass is 10.0. The maximum atomic E-state index is 5.65. The summed E-state index contributed by atoms with van der Waals surface area (Å²) in [7, 11) is 0. The van der Waals surface area contributed by atoms with Crippen LogP contribution in [-0.2, 0) is 0 Å². The van der Waals surface area contributed by atoms with Crippen LogP contribution in [0, 0.1) is 5.92 Å². The van der Waals surface area contributed by atoms with E-state index in [4.69, 9.17) is 4.74 Å². The minimum atomic E-state index is 0.770. The molecular weight excluding hydrogens is 210 g/mol. The van der Waals surface area contributed by atoms with Gasteiger partial charge in [0.15, 0.2) is 0 Å². The molecule has 0 saturated carbocycles. The smallest absolute Gasteiger partial charge is 0.119 e. The third-order valence-electron chi connectivity index (χ3n) is 2.85. The molecule has 0 aliphatic carbocycles. The van der Waals surface area contributed by atoms with E-state index in [2.05, 4.69) is 19.2 Å². The van der Waals surface area contributed by atoms with Gasteiger partial charge in [-0.3, -0.25) is 0 Å². The van der Waals surface area contributed by atoms with Crippen LogP contribution in [0.3, 0.4) is 0 Å². The highest BCUT2D eigenvalue weighted by molar-refractivity contribution is 5.20. The molecule has 0 aromatic heterocycles. The Morgan fingerprint density at radius 2 is 1.94 bits per heavy atom. The minimum absolute atomic E-state index is 0.770. The number of nitrogens with one attached hydrogen (secondary N) is 1. The fourth-order valence-corrected chi connectivity index (χ4v) is 1.79. The van der Waals surface area contributed by atoms with Gasteiger partial charge >= 0.3 is 0 Å². The summed E-state index contributed by atoms with van der Waals surface area (Å²) >= 11 is 0. The quantitative estimate of drug-likeness (QED) is 0.662. The molecule has 0 aliphatic rings. The summed E-state index contributed by atoms with van der Waals surface area (Å²) in [6.07, 6.45) is 3.68. The van der Waals surface area contributed by atoms with Gasteiger partial charge in [0.1, 0.15) is 5.75 Å². The van der Waals surface area contributed by atoms with Crippen LogP contribution in [0.5, 0.6) is 5.75 Å². The zero-order chi connectivity index (χ0) is 12.3. The third kappa shape index (κ3) is 7.01. The van der Waals surface area contributed by atoms with E-state index in [1.807, 2.05) is 30.3 Å². The van der Waals surface area contributed by atoms with Crippen LogP contribution in [0.1, 0.15) is 33.1 Å². The van der Waals surface area contributed by atoms with Crippen LogP contribution in [0.4, 0.5) is 0 Å². The molecule has 17 heavy (non-hydrogen) atoms. The second kappa shape index (κ2) is 9.06. The van der Waals surface area contributed by atoms with Gasteiger partial charge in [0.2, 0.25) is 0 Å². The molecule has 0 saturated heterocycles. The molecule has 96 valence electrons. The van der Waals surface area contributed by atoms with Crippen molar-refractivity contribution in [2.75, 3.05) is 19.7 Å². The van der Waals surface area contributed by atoms with Crippen molar-refractivity contribution in [3.63, 3.8) is 0 Å². The maximum absolute atomic E-state index is 5.65. The van der Waals surface area contributed by atoms with Gasteiger partial charge < -0.3 is 10.1 Å². The van der Waals surface area contributed by atoms with E-state index in [9.17, 15) is 0 Å².